The Bertz CT molecular complexity index is 287. The van der Waals surface area contributed by atoms with Gasteiger partial charge < -0.3 is 10.2 Å². The number of hydrogen-bond donors (Lipinski definition) is 2. The molecule has 15 heavy (non-hydrogen) atoms. The third kappa shape index (κ3) is 2.28. The van der Waals surface area contributed by atoms with Gasteiger partial charge in [-0.2, -0.15) is 0 Å². The van der Waals surface area contributed by atoms with Gasteiger partial charge in [0.25, 0.3) is 5.91 Å². The maximum Gasteiger partial charge on any atom is 0.322 e. The maximum absolute atomic E-state index is 11.7. The lowest BCUT2D eigenvalue weighted by Crippen LogP contribution is -2.55. The number of carbonyl (C=O) groups is 2. The SMILES string of the molecule is CC[C@]1(CN(C)C(C)C)NC(=O)NC1=O.[HH].[HH]. The van der Waals surface area contributed by atoms with Crippen LogP contribution in [0.4, 0.5) is 4.79 Å². The second-order valence-corrected chi connectivity index (χ2v) is 4.35. The number of amides is 3. The first-order valence-corrected chi connectivity index (χ1v) is 5.25. The zero-order chi connectivity index (χ0) is 11.6. The number of imide groups is 1. The minimum Gasteiger partial charge on any atom is -0.322 e. The van der Waals surface area contributed by atoms with E-state index < -0.39 is 5.54 Å². The Morgan fingerprint density at radius 1 is 1.47 bits per heavy atom. The Morgan fingerprint density at radius 2 is 2.07 bits per heavy atom. The summed E-state index contributed by atoms with van der Waals surface area (Å²) in [4.78, 5) is 24.8. The van der Waals surface area contributed by atoms with Crippen molar-refractivity contribution in [3.63, 3.8) is 0 Å². The molecular weight excluding hydrogens is 194 g/mol. The molecule has 1 rings (SSSR count). The fourth-order valence-electron chi connectivity index (χ4n) is 1.61. The highest BCUT2D eigenvalue weighted by molar-refractivity contribution is 6.07. The molecule has 1 saturated heterocycles. The van der Waals surface area contributed by atoms with Crippen molar-refractivity contribution < 1.29 is 12.4 Å². The molecule has 1 fully saturated rings. The summed E-state index contributed by atoms with van der Waals surface area (Å²) in [6.07, 6.45) is 0.599. The van der Waals surface area contributed by atoms with Gasteiger partial charge in [0, 0.05) is 15.4 Å². The zero-order valence-corrected chi connectivity index (χ0v) is 9.76. The molecule has 90 valence electrons. The Hall–Kier alpha value is -1.10. The predicted molar refractivity (Wildman–Crippen MR) is 61.7 cm³/mol. The molecule has 5 heteroatoms. The molecule has 0 aromatic carbocycles. The Kier molecular flexibility index (Phi) is 3.34. The molecule has 5 nitrogen and oxygen atoms in total. The number of rotatable bonds is 4. The van der Waals surface area contributed by atoms with Gasteiger partial charge in [-0.3, -0.25) is 10.1 Å². The summed E-state index contributed by atoms with van der Waals surface area (Å²) in [5, 5.41) is 5.00. The predicted octanol–water partition coefficient (Wildman–Crippen LogP) is 0.807. The topological polar surface area (TPSA) is 61.4 Å². The quantitative estimate of drug-likeness (QED) is 0.685. The normalized spacial score (nSPS) is 26.0. The molecule has 0 saturated carbocycles. The van der Waals surface area contributed by atoms with Crippen LogP contribution in [0, 0.1) is 0 Å². The molecule has 1 aliphatic heterocycles. The van der Waals surface area contributed by atoms with Crippen LogP contribution in [0.2, 0.25) is 0 Å². The second kappa shape index (κ2) is 4.18. The van der Waals surface area contributed by atoms with Gasteiger partial charge >= 0.3 is 6.03 Å². The van der Waals surface area contributed by atoms with Crippen molar-refractivity contribution in [3.05, 3.63) is 0 Å². The molecule has 0 spiro atoms. The molecule has 3 amide bonds. The lowest BCUT2D eigenvalue weighted by molar-refractivity contribution is -0.124. The van der Waals surface area contributed by atoms with E-state index in [1.165, 1.54) is 0 Å². The summed E-state index contributed by atoms with van der Waals surface area (Å²) in [5.41, 5.74) is -0.754. The van der Waals surface area contributed by atoms with Gasteiger partial charge in [0.1, 0.15) is 5.54 Å². The third-order valence-electron chi connectivity index (χ3n) is 3.02. The number of nitrogens with zero attached hydrogens (tertiary/aromatic N) is 1. The van der Waals surface area contributed by atoms with E-state index in [4.69, 9.17) is 0 Å². The number of carbonyl (C=O) groups excluding carboxylic acids is 2. The molecule has 1 aliphatic rings. The van der Waals surface area contributed by atoms with Gasteiger partial charge in [0.2, 0.25) is 0 Å². The van der Waals surface area contributed by atoms with Crippen LogP contribution < -0.4 is 10.6 Å². The first-order valence-electron chi connectivity index (χ1n) is 5.25. The van der Waals surface area contributed by atoms with Gasteiger partial charge in [-0.05, 0) is 27.3 Å². The van der Waals surface area contributed by atoms with E-state index >= 15 is 0 Å². The van der Waals surface area contributed by atoms with Crippen molar-refractivity contribution in [1.82, 2.24) is 15.5 Å². The molecule has 0 aromatic rings. The number of hydrogen-bond acceptors (Lipinski definition) is 3. The largest absolute Gasteiger partial charge is 0.322 e. The molecule has 0 unspecified atom stereocenters. The molecule has 2 N–H and O–H groups in total. The molecule has 1 heterocycles. The van der Waals surface area contributed by atoms with Crippen LogP contribution in [0.3, 0.4) is 0 Å². The van der Waals surface area contributed by atoms with Crippen molar-refractivity contribution in [2.24, 2.45) is 0 Å². The number of likely N-dealkylation sites (N-methyl/N-ethyl adjacent to an activating group) is 1. The minimum atomic E-state index is -0.754. The Labute approximate surface area is 93.2 Å². The molecule has 0 aliphatic carbocycles. The Morgan fingerprint density at radius 3 is 2.40 bits per heavy atom. The Balaban J connectivity index is 0. The van der Waals surface area contributed by atoms with Crippen LogP contribution in [0.25, 0.3) is 0 Å². The van der Waals surface area contributed by atoms with Gasteiger partial charge in [0.15, 0.2) is 0 Å². The van der Waals surface area contributed by atoms with E-state index in [0.717, 1.165) is 0 Å². The van der Waals surface area contributed by atoms with Crippen LogP contribution in [-0.2, 0) is 4.79 Å². The lowest BCUT2D eigenvalue weighted by atomic mass is 9.95. The van der Waals surface area contributed by atoms with Crippen molar-refractivity contribution >= 4 is 11.9 Å². The van der Waals surface area contributed by atoms with Crippen LogP contribution in [-0.4, -0.2) is 42.0 Å². The van der Waals surface area contributed by atoms with Crippen molar-refractivity contribution in [3.8, 4) is 0 Å². The van der Waals surface area contributed by atoms with E-state index in [-0.39, 0.29) is 14.8 Å². The summed E-state index contributed by atoms with van der Waals surface area (Å²) in [6, 6.07) is -0.0438. The third-order valence-corrected chi connectivity index (χ3v) is 3.02. The average Bonchev–Trinajstić information content (AvgIpc) is 2.42. The van der Waals surface area contributed by atoms with Crippen molar-refractivity contribution in [2.75, 3.05) is 13.6 Å². The fraction of sp³-hybridized carbons (Fsp3) is 0.800. The highest BCUT2D eigenvalue weighted by Crippen LogP contribution is 2.17. The first-order chi connectivity index (χ1) is 6.91. The number of nitrogens with one attached hydrogen (secondary N) is 2. The van der Waals surface area contributed by atoms with Crippen LogP contribution in [0.1, 0.15) is 30.0 Å². The van der Waals surface area contributed by atoms with Crippen molar-refractivity contribution in [1.29, 1.82) is 0 Å². The molecule has 0 aromatic heterocycles. The van der Waals surface area contributed by atoms with Gasteiger partial charge in [-0.1, -0.05) is 6.92 Å². The van der Waals surface area contributed by atoms with Gasteiger partial charge in [-0.25, -0.2) is 4.79 Å². The van der Waals surface area contributed by atoms with Gasteiger partial charge in [-0.15, -0.1) is 0 Å². The highest BCUT2D eigenvalue weighted by Gasteiger charge is 2.45. The van der Waals surface area contributed by atoms with E-state index in [1.807, 2.05) is 14.0 Å². The lowest BCUT2D eigenvalue weighted by Gasteiger charge is -2.32. The number of urea groups is 1. The maximum atomic E-state index is 11.7. The standard InChI is InChI=1S/C10H19N3O2.2H2/c1-5-10(6-13(4)7(2)3)8(14)11-9(15)12-10;;/h7H,5-6H2,1-4H3,(H2,11,12,14,15);2*1H/t10-;;/m1../s1. The molecule has 0 bridgehead atoms. The molecule has 0 radical (unpaired) electrons. The van der Waals surface area contributed by atoms with E-state index in [9.17, 15) is 9.59 Å². The van der Waals surface area contributed by atoms with Crippen LogP contribution >= 0.6 is 0 Å². The van der Waals surface area contributed by atoms with E-state index in [1.54, 1.807) is 0 Å². The summed E-state index contributed by atoms with van der Waals surface area (Å²) in [6.45, 7) is 6.55. The summed E-state index contributed by atoms with van der Waals surface area (Å²) >= 11 is 0. The smallest absolute Gasteiger partial charge is 0.322 e. The molecule has 1 atom stereocenters. The summed E-state index contributed by atoms with van der Waals surface area (Å²) < 4.78 is 0. The van der Waals surface area contributed by atoms with Crippen LogP contribution in [0.15, 0.2) is 0 Å². The van der Waals surface area contributed by atoms with Crippen LogP contribution in [0.5, 0.6) is 0 Å². The fourth-order valence-corrected chi connectivity index (χ4v) is 1.61. The van der Waals surface area contributed by atoms with Crippen molar-refractivity contribution in [2.45, 2.75) is 38.8 Å². The first kappa shape index (κ1) is 12.0. The summed E-state index contributed by atoms with van der Waals surface area (Å²) in [7, 11) is 1.94. The van der Waals surface area contributed by atoms with Gasteiger partial charge in [0.05, 0.1) is 0 Å². The van der Waals surface area contributed by atoms with E-state index in [0.29, 0.717) is 19.0 Å². The second-order valence-electron chi connectivity index (χ2n) is 4.35. The zero-order valence-electron chi connectivity index (χ0n) is 9.76. The van der Waals surface area contributed by atoms with E-state index in [2.05, 4.69) is 29.4 Å². The highest BCUT2D eigenvalue weighted by atomic mass is 16.2. The summed E-state index contributed by atoms with van der Waals surface area (Å²) in [5.74, 6) is -0.220. The average molecular weight is 217 g/mol. The minimum absolute atomic E-state index is 0. The molecular formula is C10H23N3O2. The monoisotopic (exact) mass is 217 g/mol.